The molecule has 1 atom stereocenters. The van der Waals surface area contributed by atoms with Crippen molar-refractivity contribution in [2.45, 2.75) is 39.2 Å². The molecule has 6 nitrogen and oxygen atoms in total. The lowest BCUT2D eigenvalue weighted by Gasteiger charge is -2.24. The van der Waals surface area contributed by atoms with Gasteiger partial charge in [-0.05, 0) is 36.9 Å². The quantitative estimate of drug-likeness (QED) is 0.832. The number of hydrogen-bond donors (Lipinski definition) is 2. The fraction of sp³-hybridized carbons (Fsp3) is 0.550. The van der Waals surface area contributed by atoms with Crippen LogP contribution in [0.2, 0.25) is 0 Å². The van der Waals surface area contributed by atoms with Crippen LogP contribution in [0.15, 0.2) is 24.5 Å². The van der Waals surface area contributed by atoms with E-state index >= 15 is 0 Å². The Balaban J connectivity index is 1.98. The van der Waals surface area contributed by atoms with E-state index in [4.69, 9.17) is 9.97 Å². The number of anilines is 2. The van der Waals surface area contributed by atoms with Gasteiger partial charge in [0.2, 0.25) is 5.95 Å². The number of rotatable bonds is 6. The van der Waals surface area contributed by atoms with E-state index < -0.39 is 0 Å². The monoisotopic (exact) mass is 354 g/mol. The highest BCUT2D eigenvalue weighted by Gasteiger charge is 2.21. The van der Waals surface area contributed by atoms with Crippen LogP contribution in [0.25, 0.3) is 0 Å². The van der Waals surface area contributed by atoms with Gasteiger partial charge in [-0.15, -0.1) is 0 Å². The normalized spacial score (nSPS) is 15.3. The molecule has 26 heavy (non-hydrogen) atoms. The third-order valence-electron chi connectivity index (χ3n) is 4.68. The predicted octanol–water partition coefficient (Wildman–Crippen LogP) is 2.83. The first-order valence-corrected chi connectivity index (χ1v) is 9.49. The summed E-state index contributed by atoms with van der Waals surface area (Å²) in [5.74, 6) is 2.31. The smallest absolute Gasteiger partial charge is 0.227 e. The zero-order valence-corrected chi connectivity index (χ0v) is 16.3. The number of hydrogen-bond acceptors (Lipinski definition) is 6. The standard InChI is InChI=1S/C20H30N6/c1-14(2)12-18(15-6-5-9-22-13-15)23-19-16-7-10-21-11-8-17(16)24-20(25-19)26(3)4/h5-6,9,13-14,18,21H,7-8,10-12H2,1-4H3,(H,23,24,25)/t18-/m0/s1. The highest BCUT2D eigenvalue weighted by atomic mass is 15.2. The van der Waals surface area contributed by atoms with Crippen molar-refractivity contribution < 1.29 is 0 Å². The second-order valence-corrected chi connectivity index (χ2v) is 7.55. The molecule has 0 aliphatic carbocycles. The van der Waals surface area contributed by atoms with E-state index in [9.17, 15) is 0 Å². The number of nitrogens with zero attached hydrogens (tertiary/aromatic N) is 4. The second-order valence-electron chi connectivity index (χ2n) is 7.55. The van der Waals surface area contributed by atoms with Gasteiger partial charge in [0.15, 0.2) is 0 Å². The summed E-state index contributed by atoms with van der Waals surface area (Å²) in [6, 6.07) is 4.33. The largest absolute Gasteiger partial charge is 0.363 e. The maximum atomic E-state index is 4.86. The summed E-state index contributed by atoms with van der Waals surface area (Å²) >= 11 is 0. The van der Waals surface area contributed by atoms with E-state index in [0.29, 0.717) is 5.92 Å². The molecular formula is C20H30N6. The molecule has 0 amide bonds. The minimum absolute atomic E-state index is 0.189. The van der Waals surface area contributed by atoms with Gasteiger partial charge >= 0.3 is 0 Å². The molecule has 3 heterocycles. The molecule has 140 valence electrons. The van der Waals surface area contributed by atoms with Gasteiger partial charge in [-0.1, -0.05) is 19.9 Å². The highest BCUT2D eigenvalue weighted by Crippen LogP contribution is 2.29. The van der Waals surface area contributed by atoms with Crippen molar-refractivity contribution in [3.05, 3.63) is 41.3 Å². The van der Waals surface area contributed by atoms with E-state index in [1.54, 1.807) is 0 Å². The van der Waals surface area contributed by atoms with Crippen molar-refractivity contribution in [1.29, 1.82) is 0 Å². The van der Waals surface area contributed by atoms with Crippen molar-refractivity contribution >= 4 is 11.8 Å². The number of nitrogens with one attached hydrogen (secondary N) is 2. The Hall–Kier alpha value is -2.21. The van der Waals surface area contributed by atoms with Crippen LogP contribution < -0.4 is 15.5 Å². The molecule has 2 aromatic heterocycles. The zero-order chi connectivity index (χ0) is 18.5. The molecule has 3 rings (SSSR count). The Bertz CT molecular complexity index is 714. The van der Waals surface area contributed by atoms with Gasteiger partial charge in [0.25, 0.3) is 0 Å². The molecule has 2 N–H and O–H groups in total. The van der Waals surface area contributed by atoms with Crippen molar-refractivity contribution in [2.75, 3.05) is 37.4 Å². The molecular weight excluding hydrogens is 324 g/mol. The lowest BCUT2D eigenvalue weighted by molar-refractivity contribution is 0.528. The van der Waals surface area contributed by atoms with Gasteiger partial charge in [0, 0.05) is 45.0 Å². The Morgan fingerprint density at radius 1 is 1.19 bits per heavy atom. The molecule has 1 aliphatic heterocycles. The summed E-state index contributed by atoms with van der Waals surface area (Å²) in [5, 5.41) is 7.20. The van der Waals surface area contributed by atoms with Gasteiger partial charge in [-0.25, -0.2) is 4.98 Å². The molecule has 6 heteroatoms. The number of fused-ring (bicyclic) bond motifs is 1. The van der Waals surface area contributed by atoms with Crippen LogP contribution in [-0.4, -0.2) is 42.1 Å². The van der Waals surface area contributed by atoms with Crippen molar-refractivity contribution in [2.24, 2.45) is 5.92 Å². The molecule has 0 unspecified atom stereocenters. The van der Waals surface area contributed by atoms with Gasteiger partial charge in [0.05, 0.1) is 11.7 Å². The summed E-state index contributed by atoms with van der Waals surface area (Å²) < 4.78 is 0. The first kappa shape index (κ1) is 18.6. The van der Waals surface area contributed by atoms with Crippen LogP contribution in [0.3, 0.4) is 0 Å². The maximum absolute atomic E-state index is 4.86. The Labute approximate surface area is 156 Å². The molecule has 0 fully saturated rings. The average Bonchev–Trinajstić information content (AvgIpc) is 2.87. The number of aromatic nitrogens is 3. The summed E-state index contributed by atoms with van der Waals surface area (Å²) in [6.07, 6.45) is 6.69. The van der Waals surface area contributed by atoms with E-state index in [2.05, 4.69) is 35.5 Å². The van der Waals surface area contributed by atoms with Gasteiger partial charge in [-0.3, -0.25) is 4.98 Å². The van der Waals surface area contributed by atoms with E-state index in [1.807, 2.05) is 37.5 Å². The first-order valence-electron chi connectivity index (χ1n) is 9.49. The highest BCUT2D eigenvalue weighted by molar-refractivity contribution is 5.53. The minimum atomic E-state index is 0.189. The SMILES string of the molecule is CC(C)C[C@H](Nc1nc(N(C)C)nc2c1CCNCC2)c1cccnc1. The van der Waals surface area contributed by atoms with E-state index in [1.165, 1.54) is 11.1 Å². The van der Waals surface area contributed by atoms with E-state index in [-0.39, 0.29) is 6.04 Å². The minimum Gasteiger partial charge on any atom is -0.363 e. The van der Waals surface area contributed by atoms with Crippen LogP contribution in [-0.2, 0) is 12.8 Å². The molecule has 0 radical (unpaired) electrons. The molecule has 1 aliphatic rings. The fourth-order valence-electron chi connectivity index (χ4n) is 3.35. The van der Waals surface area contributed by atoms with Crippen molar-refractivity contribution in [3.63, 3.8) is 0 Å². The third kappa shape index (κ3) is 4.49. The van der Waals surface area contributed by atoms with Gasteiger partial charge in [0.1, 0.15) is 5.82 Å². The molecule has 2 aromatic rings. The third-order valence-corrected chi connectivity index (χ3v) is 4.68. The summed E-state index contributed by atoms with van der Waals surface area (Å²) in [7, 11) is 3.99. The lowest BCUT2D eigenvalue weighted by atomic mass is 9.97. The molecule has 0 saturated heterocycles. The van der Waals surface area contributed by atoms with Crippen LogP contribution >= 0.6 is 0 Å². The summed E-state index contributed by atoms with van der Waals surface area (Å²) in [4.78, 5) is 15.9. The lowest BCUT2D eigenvalue weighted by Crippen LogP contribution is -2.20. The molecule has 0 aromatic carbocycles. The summed E-state index contributed by atoms with van der Waals surface area (Å²) in [6.45, 7) is 6.43. The van der Waals surface area contributed by atoms with E-state index in [0.717, 1.165) is 49.8 Å². The van der Waals surface area contributed by atoms with Crippen molar-refractivity contribution in [1.82, 2.24) is 20.3 Å². The maximum Gasteiger partial charge on any atom is 0.227 e. The first-order chi connectivity index (χ1) is 12.5. The van der Waals surface area contributed by atoms with Crippen LogP contribution in [0.1, 0.15) is 43.1 Å². The topological polar surface area (TPSA) is 66.0 Å². The number of pyridine rings is 1. The van der Waals surface area contributed by atoms with Gasteiger partial charge < -0.3 is 15.5 Å². The van der Waals surface area contributed by atoms with Crippen LogP contribution in [0, 0.1) is 5.92 Å². The van der Waals surface area contributed by atoms with Crippen LogP contribution in [0.5, 0.6) is 0 Å². The Morgan fingerprint density at radius 2 is 2.00 bits per heavy atom. The second kappa shape index (κ2) is 8.45. The molecule has 0 bridgehead atoms. The Kier molecular flexibility index (Phi) is 6.04. The zero-order valence-electron chi connectivity index (χ0n) is 16.3. The molecule has 0 saturated carbocycles. The fourth-order valence-corrected chi connectivity index (χ4v) is 3.35. The Morgan fingerprint density at radius 3 is 2.69 bits per heavy atom. The summed E-state index contributed by atoms with van der Waals surface area (Å²) in [5.41, 5.74) is 3.61. The average molecular weight is 355 g/mol. The van der Waals surface area contributed by atoms with Crippen molar-refractivity contribution in [3.8, 4) is 0 Å². The predicted molar refractivity (Wildman–Crippen MR) is 107 cm³/mol. The molecule has 0 spiro atoms. The van der Waals surface area contributed by atoms with Crippen LogP contribution in [0.4, 0.5) is 11.8 Å². The van der Waals surface area contributed by atoms with Gasteiger partial charge in [-0.2, -0.15) is 4.98 Å².